The molecule has 1 saturated heterocycles. The Hall–Kier alpha value is -0.900. The molecule has 1 aliphatic rings. The van der Waals surface area contributed by atoms with Gasteiger partial charge < -0.3 is 4.79 Å². The van der Waals surface area contributed by atoms with E-state index in [2.05, 4.69) is 19.3 Å². The Bertz CT molecular complexity index is 261. The van der Waals surface area contributed by atoms with Gasteiger partial charge in [-0.3, -0.25) is 10.2 Å². The van der Waals surface area contributed by atoms with E-state index >= 15 is 0 Å². The second-order valence-corrected chi connectivity index (χ2v) is 5.68. The topological polar surface area (TPSA) is 49.4 Å². The first-order valence-corrected chi connectivity index (χ1v) is 7.10. The number of carbonyl (C=O) groups excluding carboxylic acids is 2. The van der Waals surface area contributed by atoms with E-state index in [-0.39, 0.29) is 11.8 Å². The summed E-state index contributed by atoms with van der Waals surface area (Å²) in [4.78, 5) is 22.5. The highest BCUT2D eigenvalue weighted by Crippen LogP contribution is 2.18. The molecule has 1 heterocycles. The van der Waals surface area contributed by atoms with Crippen LogP contribution in [0.25, 0.3) is 0 Å². The first-order chi connectivity index (χ1) is 8.61. The summed E-state index contributed by atoms with van der Waals surface area (Å²) in [6.45, 7) is 6.16. The molecule has 0 aromatic carbocycles. The molecule has 0 aromatic rings. The number of amides is 1. The van der Waals surface area contributed by atoms with E-state index in [1.165, 1.54) is 6.42 Å². The Kier molecular flexibility index (Phi) is 6.94. The molecule has 0 aliphatic carbocycles. The standard InChI is InChI=1S/C14H26N2O2/c1-12(2)10-13(6-9-17)11-14(18)15-16-7-4-3-5-8-16/h9,12-13H,3-8,10-11H2,1-2H3,(H,15,18). The molecule has 1 amide bonds. The Labute approximate surface area is 110 Å². The van der Waals surface area contributed by atoms with Crippen LogP contribution in [0.2, 0.25) is 0 Å². The van der Waals surface area contributed by atoms with E-state index in [0.717, 1.165) is 38.6 Å². The zero-order chi connectivity index (χ0) is 13.4. The lowest BCUT2D eigenvalue weighted by Crippen LogP contribution is -2.45. The molecule has 104 valence electrons. The van der Waals surface area contributed by atoms with Crippen molar-refractivity contribution < 1.29 is 9.59 Å². The molecular weight excluding hydrogens is 228 g/mol. The molecule has 1 aliphatic heterocycles. The SMILES string of the molecule is CC(C)CC(CC=O)CC(=O)NN1CCCCC1. The number of hydrogen-bond acceptors (Lipinski definition) is 3. The van der Waals surface area contributed by atoms with Crippen LogP contribution in [0.1, 0.15) is 52.4 Å². The number of rotatable bonds is 7. The number of nitrogens with zero attached hydrogens (tertiary/aromatic N) is 1. The highest BCUT2D eigenvalue weighted by molar-refractivity contribution is 5.76. The van der Waals surface area contributed by atoms with Gasteiger partial charge in [0.15, 0.2) is 0 Å². The van der Waals surface area contributed by atoms with E-state index in [1.54, 1.807) is 0 Å². The van der Waals surface area contributed by atoms with Crippen molar-refractivity contribution in [3.8, 4) is 0 Å². The van der Waals surface area contributed by atoms with Gasteiger partial charge in [-0.05, 0) is 31.1 Å². The summed E-state index contributed by atoms with van der Waals surface area (Å²) in [5, 5.41) is 2.01. The van der Waals surface area contributed by atoms with Crippen molar-refractivity contribution in [2.45, 2.75) is 52.4 Å². The van der Waals surface area contributed by atoms with E-state index < -0.39 is 0 Å². The molecule has 18 heavy (non-hydrogen) atoms. The van der Waals surface area contributed by atoms with Crippen LogP contribution in [0.4, 0.5) is 0 Å². The normalized spacial score (nSPS) is 18.6. The predicted molar refractivity (Wildman–Crippen MR) is 71.8 cm³/mol. The zero-order valence-electron chi connectivity index (χ0n) is 11.7. The summed E-state index contributed by atoms with van der Waals surface area (Å²) in [6.07, 6.45) is 6.40. The van der Waals surface area contributed by atoms with Gasteiger partial charge in [-0.1, -0.05) is 20.3 Å². The van der Waals surface area contributed by atoms with Gasteiger partial charge in [0.2, 0.25) is 5.91 Å². The van der Waals surface area contributed by atoms with Crippen LogP contribution in [-0.4, -0.2) is 30.3 Å². The lowest BCUT2D eigenvalue weighted by atomic mass is 9.91. The maximum Gasteiger partial charge on any atom is 0.234 e. The number of piperidine rings is 1. The summed E-state index contributed by atoms with van der Waals surface area (Å²) >= 11 is 0. The highest BCUT2D eigenvalue weighted by Gasteiger charge is 2.18. The van der Waals surface area contributed by atoms with Gasteiger partial charge in [0.05, 0.1) is 0 Å². The van der Waals surface area contributed by atoms with Crippen molar-refractivity contribution in [1.29, 1.82) is 0 Å². The Morgan fingerprint density at radius 1 is 1.28 bits per heavy atom. The summed E-state index contributed by atoms with van der Waals surface area (Å²) in [5.41, 5.74) is 2.96. The lowest BCUT2D eigenvalue weighted by molar-refractivity contribution is -0.127. The number of hydrogen-bond donors (Lipinski definition) is 1. The van der Waals surface area contributed by atoms with Crippen LogP contribution in [-0.2, 0) is 9.59 Å². The molecule has 1 fully saturated rings. The van der Waals surface area contributed by atoms with Gasteiger partial charge >= 0.3 is 0 Å². The smallest absolute Gasteiger partial charge is 0.234 e. The van der Waals surface area contributed by atoms with Gasteiger partial charge in [-0.15, -0.1) is 0 Å². The van der Waals surface area contributed by atoms with Gasteiger partial charge in [-0.25, -0.2) is 5.01 Å². The minimum absolute atomic E-state index is 0.0596. The number of aldehydes is 1. The van der Waals surface area contributed by atoms with Crippen molar-refractivity contribution in [3.05, 3.63) is 0 Å². The first-order valence-electron chi connectivity index (χ1n) is 7.10. The van der Waals surface area contributed by atoms with E-state index in [9.17, 15) is 9.59 Å². The van der Waals surface area contributed by atoms with Gasteiger partial charge in [0.25, 0.3) is 0 Å². The molecular formula is C14H26N2O2. The lowest BCUT2D eigenvalue weighted by Gasteiger charge is -2.27. The van der Waals surface area contributed by atoms with Crippen LogP contribution in [0.5, 0.6) is 0 Å². The Morgan fingerprint density at radius 3 is 2.50 bits per heavy atom. The zero-order valence-corrected chi connectivity index (χ0v) is 11.7. The number of carbonyl (C=O) groups is 2. The average Bonchev–Trinajstić information content (AvgIpc) is 2.29. The van der Waals surface area contributed by atoms with Gasteiger partial charge in [0, 0.05) is 25.9 Å². The van der Waals surface area contributed by atoms with Gasteiger partial charge in [0.1, 0.15) is 6.29 Å². The maximum atomic E-state index is 11.9. The molecule has 1 rings (SSSR count). The van der Waals surface area contributed by atoms with Crippen LogP contribution >= 0.6 is 0 Å². The van der Waals surface area contributed by atoms with E-state index in [1.807, 2.05) is 5.01 Å². The number of hydrazine groups is 1. The van der Waals surface area contributed by atoms with Crippen molar-refractivity contribution in [2.24, 2.45) is 11.8 Å². The molecule has 0 bridgehead atoms. The summed E-state index contributed by atoms with van der Waals surface area (Å²) < 4.78 is 0. The third-order valence-electron chi connectivity index (χ3n) is 3.35. The van der Waals surface area contributed by atoms with Crippen molar-refractivity contribution in [3.63, 3.8) is 0 Å². The molecule has 4 heteroatoms. The molecule has 4 nitrogen and oxygen atoms in total. The Balaban J connectivity index is 2.32. The summed E-state index contributed by atoms with van der Waals surface area (Å²) in [5.74, 6) is 0.773. The minimum atomic E-state index is 0.0596. The molecule has 0 radical (unpaired) electrons. The van der Waals surface area contributed by atoms with E-state index in [4.69, 9.17) is 0 Å². The summed E-state index contributed by atoms with van der Waals surface area (Å²) in [7, 11) is 0. The molecule has 1 N–H and O–H groups in total. The second-order valence-electron chi connectivity index (χ2n) is 5.68. The average molecular weight is 254 g/mol. The number of nitrogens with one attached hydrogen (secondary N) is 1. The van der Waals surface area contributed by atoms with Crippen LogP contribution < -0.4 is 5.43 Å². The fourth-order valence-electron chi connectivity index (χ4n) is 2.56. The second kappa shape index (κ2) is 8.25. The first kappa shape index (κ1) is 15.2. The molecule has 0 spiro atoms. The monoisotopic (exact) mass is 254 g/mol. The van der Waals surface area contributed by atoms with Crippen molar-refractivity contribution in [2.75, 3.05) is 13.1 Å². The molecule has 0 aromatic heterocycles. The largest absolute Gasteiger partial charge is 0.303 e. The van der Waals surface area contributed by atoms with Crippen LogP contribution in [0.15, 0.2) is 0 Å². The summed E-state index contributed by atoms with van der Waals surface area (Å²) in [6, 6.07) is 0. The fraction of sp³-hybridized carbons (Fsp3) is 0.857. The fourth-order valence-corrected chi connectivity index (χ4v) is 2.56. The van der Waals surface area contributed by atoms with Crippen molar-refractivity contribution >= 4 is 12.2 Å². The molecule has 0 saturated carbocycles. The van der Waals surface area contributed by atoms with Gasteiger partial charge in [-0.2, -0.15) is 0 Å². The Morgan fingerprint density at radius 2 is 1.94 bits per heavy atom. The quantitative estimate of drug-likeness (QED) is 0.708. The minimum Gasteiger partial charge on any atom is -0.303 e. The third kappa shape index (κ3) is 6.15. The third-order valence-corrected chi connectivity index (χ3v) is 3.35. The highest BCUT2D eigenvalue weighted by atomic mass is 16.2. The molecule has 1 atom stereocenters. The maximum absolute atomic E-state index is 11.9. The van der Waals surface area contributed by atoms with Crippen LogP contribution in [0.3, 0.4) is 0 Å². The molecule has 1 unspecified atom stereocenters. The van der Waals surface area contributed by atoms with E-state index in [0.29, 0.717) is 18.8 Å². The predicted octanol–water partition coefficient (Wildman–Crippen LogP) is 2.14. The van der Waals surface area contributed by atoms with Crippen LogP contribution in [0, 0.1) is 11.8 Å². The van der Waals surface area contributed by atoms with Crippen molar-refractivity contribution in [1.82, 2.24) is 10.4 Å².